The molecule has 0 fully saturated rings. The van der Waals surface area contributed by atoms with E-state index in [2.05, 4.69) is 5.32 Å². The second kappa shape index (κ2) is 10.5. The number of esters is 1. The Morgan fingerprint density at radius 1 is 1.35 bits per heavy atom. The fourth-order valence-electron chi connectivity index (χ4n) is 1.66. The lowest BCUT2D eigenvalue weighted by Crippen LogP contribution is -2.10. The van der Waals surface area contributed by atoms with Crippen LogP contribution in [0.2, 0.25) is 0 Å². The van der Waals surface area contributed by atoms with Crippen LogP contribution >= 0.6 is 12.4 Å². The minimum absolute atomic E-state index is 0. The van der Waals surface area contributed by atoms with Crippen molar-refractivity contribution in [1.82, 2.24) is 5.32 Å². The van der Waals surface area contributed by atoms with Crippen molar-refractivity contribution >= 4 is 18.4 Å². The maximum Gasteiger partial charge on any atom is 0.341 e. The van der Waals surface area contributed by atoms with Crippen LogP contribution in [0.4, 0.5) is 0 Å². The van der Waals surface area contributed by atoms with E-state index in [1.165, 1.54) is 7.11 Å². The van der Waals surface area contributed by atoms with Crippen molar-refractivity contribution in [3.05, 3.63) is 29.3 Å². The van der Waals surface area contributed by atoms with Crippen LogP contribution in [-0.2, 0) is 11.3 Å². The van der Waals surface area contributed by atoms with E-state index in [1.807, 2.05) is 7.05 Å². The van der Waals surface area contributed by atoms with Gasteiger partial charge >= 0.3 is 5.97 Å². The van der Waals surface area contributed by atoms with Gasteiger partial charge in [-0.05, 0) is 44.1 Å². The molecule has 114 valence electrons. The summed E-state index contributed by atoms with van der Waals surface area (Å²) in [5, 5.41) is 12.1. The van der Waals surface area contributed by atoms with Crippen LogP contribution in [0.1, 0.15) is 28.8 Å². The molecule has 0 aliphatic heterocycles. The molecule has 0 aliphatic rings. The Labute approximate surface area is 125 Å². The summed E-state index contributed by atoms with van der Waals surface area (Å²) in [4.78, 5) is 11.6. The van der Waals surface area contributed by atoms with Crippen LogP contribution in [-0.4, -0.2) is 38.4 Å². The molecular weight excluding hydrogens is 282 g/mol. The lowest BCUT2D eigenvalue weighted by atomic mass is 10.1. The Kier molecular flexibility index (Phi) is 9.80. The zero-order chi connectivity index (χ0) is 14.1. The van der Waals surface area contributed by atoms with Gasteiger partial charge in [0.2, 0.25) is 0 Å². The normalized spacial score (nSPS) is 9.75. The van der Waals surface area contributed by atoms with Crippen molar-refractivity contribution in [2.75, 3.05) is 27.3 Å². The molecule has 0 amide bonds. The Morgan fingerprint density at radius 3 is 2.70 bits per heavy atom. The summed E-state index contributed by atoms with van der Waals surface area (Å²) in [5.41, 5.74) is 1.01. The Bertz CT molecular complexity index is 412. The van der Waals surface area contributed by atoms with Crippen molar-refractivity contribution in [2.45, 2.75) is 19.4 Å². The van der Waals surface area contributed by atoms with Gasteiger partial charge in [0.1, 0.15) is 11.3 Å². The van der Waals surface area contributed by atoms with E-state index in [1.54, 1.807) is 18.2 Å². The van der Waals surface area contributed by atoms with E-state index in [0.29, 0.717) is 23.5 Å². The Morgan fingerprint density at radius 2 is 2.10 bits per heavy atom. The molecule has 0 saturated heterocycles. The lowest BCUT2D eigenvalue weighted by Gasteiger charge is -2.11. The Hall–Kier alpha value is -1.30. The third-order valence-corrected chi connectivity index (χ3v) is 2.71. The zero-order valence-electron chi connectivity index (χ0n) is 11.8. The van der Waals surface area contributed by atoms with Crippen molar-refractivity contribution in [3.8, 4) is 5.75 Å². The molecule has 0 saturated carbocycles. The van der Waals surface area contributed by atoms with Crippen LogP contribution in [0.3, 0.4) is 0 Å². The molecule has 1 rings (SSSR count). The first-order valence-electron chi connectivity index (χ1n) is 6.32. The molecule has 0 unspecified atom stereocenters. The van der Waals surface area contributed by atoms with Gasteiger partial charge in [0.25, 0.3) is 0 Å². The van der Waals surface area contributed by atoms with Crippen LogP contribution in [0.5, 0.6) is 5.75 Å². The first-order chi connectivity index (χ1) is 9.22. The molecule has 20 heavy (non-hydrogen) atoms. The lowest BCUT2D eigenvalue weighted by molar-refractivity contribution is 0.0595. The van der Waals surface area contributed by atoms with Gasteiger partial charge in [0, 0.05) is 0 Å². The van der Waals surface area contributed by atoms with Gasteiger partial charge in [-0.15, -0.1) is 12.4 Å². The molecular formula is C14H22ClNO4. The van der Waals surface area contributed by atoms with Gasteiger partial charge in [0.15, 0.2) is 0 Å². The van der Waals surface area contributed by atoms with Gasteiger partial charge in [-0.25, -0.2) is 4.79 Å². The van der Waals surface area contributed by atoms with Crippen LogP contribution in [0, 0.1) is 0 Å². The van der Waals surface area contributed by atoms with Gasteiger partial charge < -0.3 is 19.9 Å². The van der Waals surface area contributed by atoms with E-state index >= 15 is 0 Å². The summed E-state index contributed by atoms with van der Waals surface area (Å²) < 4.78 is 10.3. The van der Waals surface area contributed by atoms with E-state index < -0.39 is 5.97 Å². The number of methoxy groups -OCH3 is 1. The van der Waals surface area contributed by atoms with Gasteiger partial charge in [0.05, 0.1) is 20.3 Å². The molecule has 0 atom stereocenters. The Balaban J connectivity index is 0.00000361. The monoisotopic (exact) mass is 303 g/mol. The van der Waals surface area contributed by atoms with E-state index in [4.69, 9.17) is 14.6 Å². The molecule has 0 aliphatic carbocycles. The zero-order valence-corrected chi connectivity index (χ0v) is 12.7. The van der Waals surface area contributed by atoms with E-state index in [0.717, 1.165) is 19.4 Å². The summed E-state index contributed by atoms with van der Waals surface area (Å²) in [6.07, 6.45) is 1.92. The summed E-state index contributed by atoms with van der Waals surface area (Å²) in [7, 11) is 3.23. The number of hydrogen-bond acceptors (Lipinski definition) is 5. The molecule has 0 radical (unpaired) electrons. The third-order valence-electron chi connectivity index (χ3n) is 2.71. The quantitative estimate of drug-likeness (QED) is 0.566. The predicted octanol–water partition coefficient (Wildman–Crippen LogP) is 1.77. The standard InChI is InChI=1S/C14H21NO4.ClH/c1-15-7-3-4-8-19-13-6-5-11(10-16)9-12(13)14(17)18-2;/h5-6,9,15-16H,3-4,7-8,10H2,1-2H3;1H. The fourth-order valence-corrected chi connectivity index (χ4v) is 1.66. The van der Waals surface area contributed by atoms with Crippen molar-refractivity contribution in [1.29, 1.82) is 0 Å². The summed E-state index contributed by atoms with van der Waals surface area (Å²) in [5.74, 6) is 0.0361. The second-order valence-corrected chi connectivity index (χ2v) is 4.14. The van der Waals surface area contributed by atoms with Crippen molar-refractivity contribution in [2.24, 2.45) is 0 Å². The highest BCUT2D eigenvalue weighted by Gasteiger charge is 2.13. The minimum atomic E-state index is -0.458. The topological polar surface area (TPSA) is 67.8 Å². The maximum atomic E-state index is 11.6. The predicted molar refractivity (Wildman–Crippen MR) is 79.6 cm³/mol. The summed E-state index contributed by atoms with van der Waals surface area (Å²) >= 11 is 0. The van der Waals surface area contributed by atoms with E-state index in [-0.39, 0.29) is 19.0 Å². The van der Waals surface area contributed by atoms with E-state index in [9.17, 15) is 4.79 Å². The first kappa shape index (κ1) is 18.7. The average molecular weight is 304 g/mol. The second-order valence-electron chi connectivity index (χ2n) is 4.14. The molecule has 2 N–H and O–H groups in total. The molecule has 1 aromatic carbocycles. The summed E-state index contributed by atoms with van der Waals surface area (Å²) in [6, 6.07) is 5.01. The number of carbonyl (C=O) groups excluding carboxylic acids is 1. The number of benzene rings is 1. The number of aliphatic hydroxyl groups is 1. The first-order valence-corrected chi connectivity index (χ1v) is 6.32. The van der Waals surface area contributed by atoms with Crippen LogP contribution in [0.25, 0.3) is 0 Å². The third kappa shape index (κ3) is 5.77. The molecule has 0 spiro atoms. The van der Waals surface area contributed by atoms with Crippen molar-refractivity contribution in [3.63, 3.8) is 0 Å². The summed E-state index contributed by atoms with van der Waals surface area (Å²) in [6.45, 7) is 1.37. The molecule has 0 bridgehead atoms. The van der Waals surface area contributed by atoms with Gasteiger partial charge in [-0.1, -0.05) is 6.07 Å². The maximum absolute atomic E-state index is 11.6. The highest BCUT2D eigenvalue weighted by Crippen LogP contribution is 2.21. The molecule has 0 aromatic heterocycles. The SMILES string of the molecule is CNCCCCOc1ccc(CO)cc1C(=O)OC.Cl. The minimum Gasteiger partial charge on any atom is -0.493 e. The highest BCUT2D eigenvalue weighted by atomic mass is 35.5. The molecule has 6 heteroatoms. The number of rotatable bonds is 8. The number of halogens is 1. The molecule has 1 aromatic rings. The number of hydrogen-bond donors (Lipinski definition) is 2. The average Bonchev–Trinajstić information content (AvgIpc) is 2.46. The number of ether oxygens (including phenoxy) is 2. The molecule has 5 nitrogen and oxygen atoms in total. The number of aliphatic hydroxyl groups excluding tert-OH is 1. The smallest absolute Gasteiger partial charge is 0.341 e. The van der Waals surface area contributed by atoms with Gasteiger partial charge in [-0.2, -0.15) is 0 Å². The van der Waals surface area contributed by atoms with Crippen LogP contribution < -0.4 is 10.1 Å². The largest absolute Gasteiger partial charge is 0.493 e. The number of carbonyl (C=O) groups is 1. The molecule has 0 heterocycles. The fraction of sp³-hybridized carbons (Fsp3) is 0.500. The van der Waals surface area contributed by atoms with Crippen molar-refractivity contribution < 1.29 is 19.4 Å². The number of unbranched alkanes of at least 4 members (excludes halogenated alkanes) is 1. The van der Waals surface area contributed by atoms with Gasteiger partial charge in [-0.3, -0.25) is 0 Å². The van der Waals surface area contributed by atoms with Crippen LogP contribution in [0.15, 0.2) is 18.2 Å². The number of nitrogens with one attached hydrogen (secondary N) is 1. The highest BCUT2D eigenvalue weighted by molar-refractivity contribution is 5.92.